The van der Waals surface area contributed by atoms with E-state index in [4.69, 9.17) is 5.73 Å². The van der Waals surface area contributed by atoms with Gasteiger partial charge >= 0.3 is 0 Å². The minimum Gasteiger partial charge on any atom is -0.507 e. The molecule has 2 aromatic rings. The molecule has 0 saturated heterocycles. The van der Waals surface area contributed by atoms with Gasteiger partial charge in [0.1, 0.15) is 11.5 Å². The van der Waals surface area contributed by atoms with Crippen LogP contribution in [0.1, 0.15) is 5.56 Å². The van der Waals surface area contributed by atoms with E-state index in [1.165, 1.54) is 6.07 Å². The lowest BCUT2D eigenvalue weighted by atomic mass is 10.0. The van der Waals surface area contributed by atoms with Crippen molar-refractivity contribution in [3.8, 4) is 11.5 Å². The fraction of sp³-hybridized carbons (Fsp3) is 0.0909. The van der Waals surface area contributed by atoms with Crippen LogP contribution in [-0.2, 0) is 0 Å². The smallest absolute Gasteiger partial charge is 0.146 e. The van der Waals surface area contributed by atoms with Gasteiger partial charge < -0.3 is 15.9 Å². The molecular formula is C11H11NO2. The van der Waals surface area contributed by atoms with Crippen LogP contribution in [-0.4, -0.2) is 10.2 Å². The summed E-state index contributed by atoms with van der Waals surface area (Å²) in [6.45, 7) is 1.92. The van der Waals surface area contributed by atoms with Crippen LogP contribution >= 0.6 is 0 Å². The van der Waals surface area contributed by atoms with Crippen LogP contribution in [0.25, 0.3) is 10.8 Å². The van der Waals surface area contributed by atoms with E-state index in [2.05, 4.69) is 0 Å². The molecule has 14 heavy (non-hydrogen) atoms. The van der Waals surface area contributed by atoms with E-state index in [0.29, 0.717) is 10.8 Å². The van der Waals surface area contributed by atoms with Gasteiger partial charge in [-0.3, -0.25) is 0 Å². The molecule has 3 nitrogen and oxygen atoms in total. The number of phenolic OH excluding ortho intramolecular Hbond substituents is 2. The molecule has 0 atom stereocenters. The second-order valence-corrected chi connectivity index (χ2v) is 3.38. The predicted octanol–water partition coefficient (Wildman–Crippen LogP) is 2.14. The number of hydrogen-bond acceptors (Lipinski definition) is 3. The predicted molar refractivity (Wildman–Crippen MR) is 56.4 cm³/mol. The largest absolute Gasteiger partial charge is 0.507 e. The van der Waals surface area contributed by atoms with Crippen LogP contribution in [0.4, 0.5) is 5.69 Å². The fourth-order valence-corrected chi connectivity index (χ4v) is 1.53. The number of aryl methyl sites for hydroxylation is 1. The van der Waals surface area contributed by atoms with Crippen LogP contribution < -0.4 is 5.73 Å². The Morgan fingerprint density at radius 1 is 1.07 bits per heavy atom. The molecule has 0 bridgehead atoms. The second-order valence-electron chi connectivity index (χ2n) is 3.38. The lowest BCUT2D eigenvalue weighted by molar-refractivity contribution is 0.471. The molecule has 0 radical (unpaired) electrons. The van der Waals surface area contributed by atoms with Crippen molar-refractivity contribution in [2.75, 3.05) is 5.73 Å². The molecule has 0 heterocycles. The molecule has 0 saturated carbocycles. The third-order valence-corrected chi connectivity index (χ3v) is 2.27. The molecule has 0 unspecified atom stereocenters. The lowest BCUT2D eigenvalue weighted by Gasteiger charge is -2.07. The number of hydrogen-bond donors (Lipinski definition) is 3. The summed E-state index contributed by atoms with van der Waals surface area (Å²) in [6, 6.07) is 6.78. The summed E-state index contributed by atoms with van der Waals surface area (Å²) in [6.07, 6.45) is 0. The van der Waals surface area contributed by atoms with Crippen molar-refractivity contribution >= 4 is 16.5 Å². The van der Waals surface area contributed by atoms with Crippen molar-refractivity contribution in [1.82, 2.24) is 0 Å². The van der Waals surface area contributed by atoms with E-state index in [-0.39, 0.29) is 17.2 Å². The van der Waals surface area contributed by atoms with Gasteiger partial charge in [-0.25, -0.2) is 0 Å². The number of benzene rings is 2. The van der Waals surface area contributed by atoms with Crippen molar-refractivity contribution in [2.45, 2.75) is 6.92 Å². The summed E-state index contributed by atoms with van der Waals surface area (Å²) in [5.41, 5.74) is 6.73. The van der Waals surface area contributed by atoms with Crippen LogP contribution in [0.3, 0.4) is 0 Å². The van der Waals surface area contributed by atoms with Crippen molar-refractivity contribution in [3.05, 3.63) is 29.8 Å². The van der Waals surface area contributed by atoms with Gasteiger partial charge in [-0.15, -0.1) is 0 Å². The normalized spacial score (nSPS) is 10.6. The molecule has 0 aliphatic carbocycles. The van der Waals surface area contributed by atoms with Crippen LogP contribution in [0, 0.1) is 6.92 Å². The number of phenols is 2. The molecule has 0 aromatic heterocycles. The van der Waals surface area contributed by atoms with E-state index in [9.17, 15) is 10.2 Å². The van der Waals surface area contributed by atoms with Gasteiger partial charge in [0.2, 0.25) is 0 Å². The number of fused-ring (bicyclic) bond motifs is 1. The molecule has 0 spiro atoms. The average molecular weight is 189 g/mol. The van der Waals surface area contributed by atoms with Gasteiger partial charge in [-0.2, -0.15) is 0 Å². The van der Waals surface area contributed by atoms with Gasteiger partial charge in [0.25, 0.3) is 0 Å². The first-order valence-corrected chi connectivity index (χ1v) is 4.30. The zero-order valence-corrected chi connectivity index (χ0v) is 7.78. The zero-order chi connectivity index (χ0) is 10.3. The Morgan fingerprint density at radius 3 is 2.50 bits per heavy atom. The lowest BCUT2D eigenvalue weighted by Crippen LogP contribution is -1.87. The number of nitrogens with two attached hydrogens (primary N) is 1. The molecule has 0 aliphatic heterocycles. The molecule has 72 valence electrons. The minimum atomic E-state index is 0.0257. The number of rotatable bonds is 0. The number of anilines is 1. The number of nitrogen functional groups attached to an aromatic ring is 1. The van der Waals surface area contributed by atoms with Crippen LogP contribution in [0.5, 0.6) is 11.5 Å². The summed E-state index contributed by atoms with van der Waals surface area (Å²) in [4.78, 5) is 0. The highest BCUT2D eigenvalue weighted by Gasteiger charge is 2.08. The zero-order valence-electron chi connectivity index (χ0n) is 7.78. The summed E-state index contributed by atoms with van der Waals surface area (Å²) in [5.74, 6) is 0.122. The highest BCUT2D eigenvalue weighted by Crippen LogP contribution is 2.37. The Labute approximate surface area is 81.4 Å². The fourth-order valence-electron chi connectivity index (χ4n) is 1.53. The van der Waals surface area contributed by atoms with Crippen molar-refractivity contribution in [1.29, 1.82) is 0 Å². The standard InChI is InChI=1S/C11H11NO2/c1-6-2-3-7-8(4-6)10(13)5-9(12)11(7)14/h2-5,13-14H,12H2,1H3. The Morgan fingerprint density at radius 2 is 1.79 bits per heavy atom. The van der Waals surface area contributed by atoms with E-state index < -0.39 is 0 Å². The summed E-state index contributed by atoms with van der Waals surface area (Å²) < 4.78 is 0. The summed E-state index contributed by atoms with van der Waals surface area (Å²) in [7, 11) is 0. The van der Waals surface area contributed by atoms with Crippen LogP contribution in [0.2, 0.25) is 0 Å². The Balaban J connectivity index is 2.94. The Kier molecular flexibility index (Phi) is 1.74. The summed E-state index contributed by atoms with van der Waals surface area (Å²) >= 11 is 0. The molecule has 2 rings (SSSR count). The van der Waals surface area contributed by atoms with Crippen LogP contribution in [0.15, 0.2) is 24.3 Å². The quantitative estimate of drug-likeness (QED) is 0.338. The Hall–Kier alpha value is -1.90. The first-order valence-electron chi connectivity index (χ1n) is 4.30. The van der Waals surface area contributed by atoms with Gasteiger partial charge in [0, 0.05) is 16.8 Å². The molecule has 0 fully saturated rings. The maximum atomic E-state index is 9.64. The molecule has 4 N–H and O–H groups in total. The van der Waals surface area contributed by atoms with E-state index in [0.717, 1.165) is 5.56 Å². The third-order valence-electron chi connectivity index (χ3n) is 2.27. The van der Waals surface area contributed by atoms with Crippen molar-refractivity contribution in [3.63, 3.8) is 0 Å². The first-order chi connectivity index (χ1) is 6.59. The SMILES string of the molecule is Cc1ccc2c(O)c(N)cc(O)c2c1. The maximum Gasteiger partial charge on any atom is 0.146 e. The molecule has 0 aliphatic rings. The topological polar surface area (TPSA) is 66.5 Å². The monoisotopic (exact) mass is 189 g/mol. The van der Waals surface area contributed by atoms with E-state index in [1.807, 2.05) is 19.1 Å². The first kappa shape index (κ1) is 8.69. The molecule has 2 aromatic carbocycles. The van der Waals surface area contributed by atoms with E-state index in [1.54, 1.807) is 6.07 Å². The summed E-state index contributed by atoms with van der Waals surface area (Å²) in [5, 5.41) is 20.4. The molecule has 3 heteroatoms. The van der Waals surface area contributed by atoms with Crippen molar-refractivity contribution < 1.29 is 10.2 Å². The number of aromatic hydroxyl groups is 2. The second kappa shape index (κ2) is 2.80. The highest BCUT2D eigenvalue weighted by atomic mass is 16.3. The van der Waals surface area contributed by atoms with Gasteiger partial charge in [-0.05, 0) is 13.0 Å². The average Bonchev–Trinajstić information content (AvgIpc) is 2.14. The third kappa shape index (κ3) is 1.14. The van der Waals surface area contributed by atoms with Crippen molar-refractivity contribution in [2.24, 2.45) is 0 Å². The molecule has 0 amide bonds. The van der Waals surface area contributed by atoms with Gasteiger partial charge in [0.15, 0.2) is 0 Å². The molecular weight excluding hydrogens is 178 g/mol. The maximum absolute atomic E-state index is 9.64. The van der Waals surface area contributed by atoms with Gasteiger partial charge in [-0.1, -0.05) is 17.7 Å². The van der Waals surface area contributed by atoms with Gasteiger partial charge in [0.05, 0.1) is 5.69 Å². The minimum absolute atomic E-state index is 0.0257. The Bertz CT molecular complexity index is 506. The highest BCUT2D eigenvalue weighted by molar-refractivity contribution is 5.97. The van der Waals surface area contributed by atoms with E-state index >= 15 is 0 Å².